The second-order valence-electron chi connectivity index (χ2n) is 6.99. The average Bonchev–Trinajstić information content (AvgIpc) is 3.27. The maximum atomic E-state index is 13.5. The van der Waals surface area contributed by atoms with Crippen molar-refractivity contribution in [3.05, 3.63) is 42.7 Å². The van der Waals surface area contributed by atoms with Crippen molar-refractivity contribution in [2.45, 2.75) is 31.8 Å². The summed E-state index contributed by atoms with van der Waals surface area (Å²) in [5.74, 6) is 0.0204. The summed E-state index contributed by atoms with van der Waals surface area (Å²) in [5.41, 5.74) is 1.03. The number of carbonyl (C=O) groups is 2. The first kappa shape index (κ1) is 17.4. The van der Waals surface area contributed by atoms with Crippen LogP contribution in [-0.2, 0) is 11.3 Å². The molecule has 4 rings (SSSR count). The normalized spacial score (nSPS) is 19.1. The fourth-order valence-electron chi connectivity index (χ4n) is 4.06. The van der Waals surface area contributed by atoms with Gasteiger partial charge in [0.05, 0.1) is 18.6 Å². The van der Waals surface area contributed by atoms with E-state index >= 15 is 0 Å². The number of rotatable bonds is 3. The van der Waals surface area contributed by atoms with Gasteiger partial charge in [-0.05, 0) is 31.9 Å². The lowest BCUT2D eigenvalue weighted by Gasteiger charge is -2.42. The largest absolute Gasteiger partial charge is 0.465 e. The minimum Gasteiger partial charge on any atom is -0.465 e. The van der Waals surface area contributed by atoms with Crippen molar-refractivity contribution in [3.8, 4) is 0 Å². The summed E-state index contributed by atoms with van der Waals surface area (Å²) in [6.07, 6.45) is 3.63. The topological polar surface area (TPSA) is 81.9 Å². The Hall–Kier alpha value is -3.03. The Labute approximate surface area is 157 Å². The van der Waals surface area contributed by atoms with E-state index in [2.05, 4.69) is 10.00 Å². The maximum Gasteiger partial charge on any atom is 0.407 e. The molecule has 0 saturated carbocycles. The monoisotopic (exact) mass is 369 g/mol. The molecule has 0 radical (unpaired) electrons. The molecule has 0 aliphatic carbocycles. The summed E-state index contributed by atoms with van der Waals surface area (Å²) < 4.78 is 1.80. The van der Waals surface area contributed by atoms with Crippen LogP contribution < -0.4 is 9.80 Å². The number of hydrogen-bond acceptors (Lipinski definition) is 4. The standard InChI is InChI=1S/C19H23N5O3/c1-2-22-13-16(12-20-22)23-14-24(15-6-4-3-5-7-15)19(17(23)25)8-10-21(11-9-19)18(26)27/h3-7,12-13H,2,8-11,14H2,1H3,(H,26,27). The van der Waals surface area contributed by atoms with Crippen molar-refractivity contribution in [2.75, 3.05) is 29.6 Å². The van der Waals surface area contributed by atoms with E-state index in [9.17, 15) is 14.7 Å². The van der Waals surface area contributed by atoms with Gasteiger partial charge in [0.25, 0.3) is 5.91 Å². The van der Waals surface area contributed by atoms with Gasteiger partial charge >= 0.3 is 6.09 Å². The molecule has 142 valence electrons. The van der Waals surface area contributed by atoms with E-state index in [1.807, 2.05) is 43.5 Å². The zero-order valence-electron chi connectivity index (χ0n) is 15.3. The SMILES string of the molecule is CCn1cc(N2CN(c3ccccc3)C3(CCN(C(=O)O)CC3)C2=O)cn1. The number of anilines is 2. The van der Waals surface area contributed by atoms with Crippen LogP contribution in [0.2, 0.25) is 0 Å². The maximum absolute atomic E-state index is 13.5. The fraction of sp³-hybridized carbons (Fsp3) is 0.421. The fourth-order valence-corrected chi connectivity index (χ4v) is 4.06. The summed E-state index contributed by atoms with van der Waals surface area (Å²) in [6.45, 7) is 3.88. The van der Waals surface area contributed by atoms with E-state index < -0.39 is 11.6 Å². The number of para-hydroxylation sites is 1. The van der Waals surface area contributed by atoms with Gasteiger partial charge in [-0.1, -0.05) is 18.2 Å². The van der Waals surface area contributed by atoms with Crippen LogP contribution in [0.5, 0.6) is 0 Å². The van der Waals surface area contributed by atoms with Crippen LogP contribution in [0, 0.1) is 0 Å². The quantitative estimate of drug-likeness (QED) is 0.897. The summed E-state index contributed by atoms with van der Waals surface area (Å²) in [6, 6.07) is 9.86. The molecular weight excluding hydrogens is 346 g/mol. The summed E-state index contributed by atoms with van der Waals surface area (Å²) in [7, 11) is 0. The molecule has 1 aromatic heterocycles. The van der Waals surface area contributed by atoms with Crippen LogP contribution in [0.4, 0.5) is 16.2 Å². The molecule has 2 aliphatic rings. The molecule has 2 saturated heterocycles. The van der Waals surface area contributed by atoms with Crippen LogP contribution in [0.3, 0.4) is 0 Å². The predicted molar refractivity (Wildman–Crippen MR) is 101 cm³/mol. The van der Waals surface area contributed by atoms with Crippen LogP contribution in [0.15, 0.2) is 42.7 Å². The molecule has 1 aromatic carbocycles. The Morgan fingerprint density at radius 2 is 1.89 bits per heavy atom. The third kappa shape index (κ3) is 2.81. The summed E-state index contributed by atoms with van der Waals surface area (Å²) in [4.78, 5) is 30.1. The number of aromatic nitrogens is 2. The number of carboxylic acid groups (broad SMARTS) is 1. The number of likely N-dealkylation sites (tertiary alicyclic amines) is 1. The minimum atomic E-state index is -0.928. The molecule has 2 fully saturated rings. The lowest BCUT2D eigenvalue weighted by atomic mass is 9.85. The van der Waals surface area contributed by atoms with Crippen molar-refractivity contribution >= 4 is 23.4 Å². The van der Waals surface area contributed by atoms with E-state index in [0.29, 0.717) is 32.6 Å². The summed E-state index contributed by atoms with van der Waals surface area (Å²) in [5, 5.41) is 13.6. The number of nitrogens with zero attached hydrogens (tertiary/aromatic N) is 5. The molecular formula is C19H23N5O3. The van der Waals surface area contributed by atoms with Crippen molar-refractivity contribution in [1.29, 1.82) is 0 Å². The van der Waals surface area contributed by atoms with Crippen molar-refractivity contribution in [1.82, 2.24) is 14.7 Å². The van der Waals surface area contributed by atoms with Gasteiger partial charge in [-0.2, -0.15) is 5.10 Å². The molecule has 8 nitrogen and oxygen atoms in total. The first-order valence-corrected chi connectivity index (χ1v) is 9.20. The number of aryl methyl sites for hydroxylation is 1. The zero-order valence-corrected chi connectivity index (χ0v) is 15.3. The van der Waals surface area contributed by atoms with Crippen molar-refractivity contribution < 1.29 is 14.7 Å². The Morgan fingerprint density at radius 1 is 1.19 bits per heavy atom. The van der Waals surface area contributed by atoms with Crippen LogP contribution in [0.25, 0.3) is 0 Å². The molecule has 1 N–H and O–H groups in total. The van der Waals surface area contributed by atoms with E-state index in [4.69, 9.17) is 0 Å². The molecule has 27 heavy (non-hydrogen) atoms. The van der Waals surface area contributed by atoms with Crippen molar-refractivity contribution in [2.24, 2.45) is 0 Å². The molecule has 3 heterocycles. The van der Waals surface area contributed by atoms with E-state index in [-0.39, 0.29) is 5.91 Å². The Morgan fingerprint density at radius 3 is 2.48 bits per heavy atom. The first-order chi connectivity index (χ1) is 13.0. The third-order valence-electron chi connectivity index (χ3n) is 5.63. The number of amides is 2. The highest BCUT2D eigenvalue weighted by atomic mass is 16.4. The van der Waals surface area contributed by atoms with Gasteiger partial charge in [0, 0.05) is 31.5 Å². The molecule has 8 heteroatoms. The first-order valence-electron chi connectivity index (χ1n) is 9.20. The lowest BCUT2D eigenvalue weighted by Crippen LogP contribution is -2.57. The van der Waals surface area contributed by atoms with E-state index in [1.54, 1.807) is 15.8 Å². The van der Waals surface area contributed by atoms with E-state index in [0.717, 1.165) is 17.9 Å². The Balaban J connectivity index is 1.70. The predicted octanol–water partition coefficient (Wildman–Crippen LogP) is 2.23. The van der Waals surface area contributed by atoms with Gasteiger partial charge < -0.3 is 14.9 Å². The Kier molecular flexibility index (Phi) is 4.25. The molecule has 1 spiro atoms. The number of carbonyl (C=O) groups excluding carboxylic acids is 1. The highest BCUT2D eigenvalue weighted by Crippen LogP contribution is 2.41. The summed E-state index contributed by atoms with van der Waals surface area (Å²) >= 11 is 0. The van der Waals surface area contributed by atoms with Gasteiger partial charge in [-0.15, -0.1) is 0 Å². The molecule has 2 amide bonds. The van der Waals surface area contributed by atoms with Crippen LogP contribution in [-0.4, -0.2) is 57.1 Å². The highest BCUT2D eigenvalue weighted by Gasteiger charge is 2.54. The molecule has 2 aromatic rings. The number of benzene rings is 1. The Bertz CT molecular complexity index is 842. The van der Waals surface area contributed by atoms with Gasteiger partial charge in [0.15, 0.2) is 0 Å². The van der Waals surface area contributed by atoms with Gasteiger partial charge in [0.2, 0.25) is 0 Å². The smallest absolute Gasteiger partial charge is 0.407 e. The molecule has 0 bridgehead atoms. The molecule has 0 atom stereocenters. The average molecular weight is 369 g/mol. The van der Waals surface area contributed by atoms with Gasteiger partial charge in [-0.25, -0.2) is 4.79 Å². The minimum absolute atomic E-state index is 0.0204. The van der Waals surface area contributed by atoms with Crippen molar-refractivity contribution in [3.63, 3.8) is 0 Å². The van der Waals surface area contributed by atoms with Gasteiger partial charge in [-0.3, -0.25) is 14.4 Å². The second-order valence-corrected chi connectivity index (χ2v) is 6.99. The zero-order chi connectivity index (χ0) is 19.0. The number of hydrogen-bond donors (Lipinski definition) is 1. The number of piperidine rings is 1. The third-order valence-corrected chi connectivity index (χ3v) is 5.63. The van der Waals surface area contributed by atoms with Crippen LogP contribution in [0.1, 0.15) is 19.8 Å². The molecule has 0 unspecified atom stereocenters. The van der Waals surface area contributed by atoms with Gasteiger partial charge in [0.1, 0.15) is 5.54 Å². The highest BCUT2D eigenvalue weighted by molar-refractivity contribution is 6.06. The lowest BCUT2D eigenvalue weighted by molar-refractivity contribution is -0.123. The van der Waals surface area contributed by atoms with Crippen LogP contribution >= 0.6 is 0 Å². The second kappa shape index (κ2) is 6.61. The van der Waals surface area contributed by atoms with E-state index in [1.165, 1.54) is 4.90 Å². The molecule has 2 aliphatic heterocycles.